The lowest BCUT2D eigenvalue weighted by molar-refractivity contribution is -0.189. The number of carbonyl (C=O) groups is 1. The number of nitrogens with zero attached hydrogens (tertiary/aromatic N) is 1. The molecule has 0 radical (unpaired) electrons. The zero-order valence-electron chi connectivity index (χ0n) is 13.9. The van der Waals surface area contributed by atoms with Crippen molar-refractivity contribution in [1.82, 2.24) is 10.2 Å². The van der Waals surface area contributed by atoms with E-state index in [4.69, 9.17) is 9.47 Å². The van der Waals surface area contributed by atoms with Gasteiger partial charge in [-0.2, -0.15) is 11.3 Å². The number of hydrogen-bond acceptors (Lipinski definition) is 4. The zero-order chi connectivity index (χ0) is 16.3. The van der Waals surface area contributed by atoms with E-state index in [0.717, 1.165) is 25.8 Å². The third kappa shape index (κ3) is 4.05. The van der Waals surface area contributed by atoms with Gasteiger partial charge in [-0.1, -0.05) is 0 Å². The van der Waals surface area contributed by atoms with Gasteiger partial charge in [0.25, 0.3) is 0 Å². The van der Waals surface area contributed by atoms with Crippen LogP contribution in [-0.4, -0.2) is 49.1 Å². The van der Waals surface area contributed by atoms with Gasteiger partial charge in [-0.25, -0.2) is 4.79 Å². The van der Waals surface area contributed by atoms with Crippen LogP contribution in [0.15, 0.2) is 16.8 Å². The van der Waals surface area contributed by atoms with Crippen molar-refractivity contribution in [2.45, 2.75) is 44.9 Å². The number of piperidine rings is 1. The van der Waals surface area contributed by atoms with E-state index in [9.17, 15) is 4.79 Å². The second-order valence-corrected chi connectivity index (χ2v) is 7.46. The Labute approximate surface area is 142 Å². The number of urea groups is 1. The van der Waals surface area contributed by atoms with Gasteiger partial charge in [0.15, 0.2) is 5.79 Å². The van der Waals surface area contributed by atoms with Crippen LogP contribution in [0.2, 0.25) is 0 Å². The first kappa shape index (κ1) is 16.7. The molecule has 128 valence electrons. The Balaban J connectivity index is 1.52. The van der Waals surface area contributed by atoms with Crippen molar-refractivity contribution >= 4 is 17.4 Å². The van der Waals surface area contributed by atoms with Crippen LogP contribution < -0.4 is 5.32 Å². The molecule has 1 aromatic heterocycles. The SMILES string of the molecule is CC(Cc1ccsc1)NC(=O)N1CCCC(C2(C)OCCO2)C1. The maximum Gasteiger partial charge on any atom is 0.317 e. The molecule has 0 saturated carbocycles. The lowest BCUT2D eigenvalue weighted by atomic mass is 9.90. The molecule has 2 unspecified atom stereocenters. The maximum absolute atomic E-state index is 12.5. The van der Waals surface area contributed by atoms with Crippen molar-refractivity contribution < 1.29 is 14.3 Å². The Kier molecular flexibility index (Phi) is 5.24. The highest BCUT2D eigenvalue weighted by atomic mass is 32.1. The molecule has 3 rings (SSSR count). The fourth-order valence-electron chi connectivity index (χ4n) is 3.47. The second kappa shape index (κ2) is 7.20. The molecule has 2 aliphatic rings. The Bertz CT molecular complexity index is 514. The van der Waals surface area contributed by atoms with E-state index < -0.39 is 5.79 Å². The van der Waals surface area contributed by atoms with Gasteiger partial charge in [-0.3, -0.25) is 0 Å². The average Bonchev–Trinajstić information content (AvgIpc) is 3.20. The summed E-state index contributed by atoms with van der Waals surface area (Å²) >= 11 is 1.69. The first-order valence-corrected chi connectivity index (χ1v) is 9.35. The molecule has 1 aromatic rings. The summed E-state index contributed by atoms with van der Waals surface area (Å²) in [6, 6.07) is 2.27. The lowest BCUT2D eigenvalue weighted by Crippen LogP contribution is -2.52. The summed E-state index contributed by atoms with van der Waals surface area (Å²) in [7, 11) is 0. The van der Waals surface area contributed by atoms with E-state index in [0.29, 0.717) is 19.8 Å². The average molecular weight is 338 g/mol. The standard InChI is InChI=1S/C17H26N2O3S/c1-13(10-14-5-9-23-12-14)18-16(20)19-6-3-4-15(11-19)17(2)21-7-8-22-17/h5,9,12-13,15H,3-4,6-8,10-11H2,1-2H3,(H,18,20). The van der Waals surface area contributed by atoms with E-state index in [-0.39, 0.29) is 18.0 Å². The molecule has 2 amide bonds. The van der Waals surface area contributed by atoms with Crippen molar-refractivity contribution in [2.75, 3.05) is 26.3 Å². The molecule has 0 aromatic carbocycles. The van der Waals surface area contributed by atoms with E-state index in [1.54, 1.807) is 11.3 Å². The molecule has 3 heterocycles. The Morgan fingerprint density at radius 2 is 2.30 bits per heavy atom. The lowest BCUT2D eigenvalue weighted by Gasteiger charge is -2.40. The molecular weight excluding hydrogens is 312 g/mol. The Morgan fingerprint density at radius 3 is 3.00 bits per heavy atom. The molecule has 23 heavy (non-hydrogen) atoms. The quantitative estimate of drug-likeness (QED) is 0.918. The molecule has 2 saturated heterocycles. The number of likely N-dealkylation sites (tertiary alicyclic amines) is 1. The van der Waals surface area contributed by atoms with Crippen LogP contribution in [-0.2, 0) is 15.9 Å². The molecular formula is C17H26N2O3S. The van der Waals surface area contributed by atoms with Gasteiger partial charge in [0.2, 0.25) is 0 Å². The second-order valence-electron chi connectivity index (χ2n) is 6.68. The molecule has 0 aliphatic carbocycles. The number of thiophene rings is 1. The molecule has 6 heteroatoms. The number of ether oxygens (including phenoxy) is 2. The highest BCUT2D eigenvalue weighted by Gasteiger charge is 2.42. The van der Waals surface area contributed by atoms with Crippen molar-refractivity contribution in [1.29, 1.82) is 0 Å². The number of nitrogens with one attached hydrogen (secondary N) is 1. The number of rotatable bonds is 4. The van der Waals surface area contributed by atoms with Crippen LogP contribution in [0, 0.1) is 5.92 Å². The minimum Gasteiger partial charge on any atom is -0.347 e. The molecule has 2 aliphatic heterocycles. The van der Waals surface area contributed by atoms with Crippen LogP contribution in [0.4, 0.5) is 4.79 Å². The molecule has 2 fully saturated rings. The monoisotopic (exact) mass is 338 g/mol. The summed E-state index contributed by atoms with van der Waals surface area (Å²) in [4.78, 5) is 14.4. The third-order valence-electron chi connectivity index (χ3n) is 4.80. The van der Waals surface area contributed by atoms with Crippen molar-refractivity contribution in [3.05, 3.63) is 22.4 Å². The highest BCUT2D eigenvalue weighted by Crippen LogP contribution is 2.34. The number of amides is 2. The molecule has 0 bridgehead atoms. The Hall–Kier alpha value is -1.11. The van der Waals surface area contributed by atoms with Gasteiger partial charge in [-0.15, -0.1) is 0 Å². The van der Waals surface area contributed by atoms with Crippen LogP contribution in [0.25, 0.3) is 0 Å². The van der Waals surface area contributed by atoms with Gasteiger partial charge in [-0.05, 0) is 55.5 Å². The van der Waals surface area contributed by atoms with Gasteiger partial charge < -0.3 is 19.7 Å². The van der Waals surface area contributed by atoms with Crippen molar-refractivity contribution in [3.8, 4) is 0 Å². The first-order valence-electron chi connectivity index (χ1n) is 8.41. The van der Waals surface area contributed by atoms with Gasteiger partial charge in [0, 0.05) is 25.0 Å². The number of carbonyl (C=O) groups excluding carboxylic acids is 1. The van der Waals surface area contributed by atoms with Crippen LogP contribution >= 0.6 is 11.3 Å². The van der Waals surface area contributed by atoms with Gasteiger partial charge >= 0.3 is 6.03 Å². The highest BCUT2D eigenvalue weighted by molar-refractivity contribution is 7.07. The molecule has 2 atom stereocenters. The predicted molar refractivity (Wildman–Crippen MR) is 90.6 cm³/mol. The molecule has 5 nitrogen and oxygen atoms in total. The Morgan fingerprint density at radius 1 is 1.52 bits per heavy atom. The van der Waals surface area contributed by atoms with Crippen molar-refractivity contribution in [2.24, 2.45) is 5.92 Å². The fourth-order valence-corrected chi connectivity index (χ4v) is 4.15. The third-order valence-corrected chi connectivity index (χ3v) is 5.53. The van der Waals surface area contributed by atoms with E-state index >= 15 is 0 Å². The minimum atomic E-state index is -0.527. The fraction of sp³-hybridized carbons (Fsp3) is 0.706. The predicted octanol–water partition coefficient (Wildman–Crippen LogP) is 2.86. The summed E-state index contributed by atoms with van der Waals surface area (Å²) in [5, 5.41) is 7.33. The van der Waals surface area contributed by atoms with Gasteiger partial charge in [0.1, 0.15) is 0 Å². The zero-order valence-corrected chi connectivity index (χ0v) is 14.7. The number of hydrogen-bond donors (Lipinski definition) is 1. The normalized spacial score (nSPS) is 25.3. The maximum atomic E-state index is 12.5. The van der Waals surface area contributed by atoms with Crippen LogP contribution in [0.1, 0.15) is 32.3 Å². The first-order chi connectivity index (χ1) is 11.1. The van der Waals surface area contributed by atoms with Crippen molar-refractivity contribution in [3.63, 3.8) is 0 Å². The van der Waals surface area contributed by atoms with E-state index in [2.05, 4.69) is 29.1 Å². The minimum absolute atomic E-state index is 0.0269. The topological polar surface area (TPSA) is 50.8 Å². The summed E-state index contributed by atoms with van der Waals surface area (Å²) in [5.41, 5.74) is 1.28. The molecule has 1 N–H and O–H groups in total. The largest absolute Gasteiger partial charge is 0.347 e. The van der Waals surface area contributed by atoms with Crippen LogP contribution in [0.5, 0.6) is 0 Å². The summed E-state index contributed by atoms with van der Waals surface area (Å²) in [6.07, 6.45) is 2.92. The molecule has 0 spiro atoms. The van der Waals surface area contributed by atoms with Gasteiger partial charge in [0.05, 0.1) is 13.2 Å². The summed E-state index contributed by atoms with van der Waals surface area (Å²) in [6.45, 7) is 6.87. The summed E-state index contributed by atoms with van der Waals surface area (Å²) < 4.78 is 11.6. The smallest absolute Gasteiger partial charge is 0.317 e. The summed E-state index contributed by atoms with van der Waals surface area (Å²) in [5.74, 6) is -0.280. The van der Waals surface area contributed by atoms with E-state index in [1.807, 2.05) is 11.8 Å². The van der Waals surface area contributed by atoms with E-state index in [1.165, 1.54) is 5.56 Å². The van der Waals surface area contributed by atoms with Crippen LogP contribution in [0.3, 0.4) is 0 Å².